The first-order chi connectivity index (χ1) is 9.45. The number of rotatable bonds is 3. The molecule has 0 aliphatic heterocycles. The van der Waals surface area contributed by atoms with Crippen LogP contribution in [0.3, 0.4) is 0 Å². The zero-order chi connectivity index (χ0) is 14.7. The van der Waals surface area contributed by atoms with Gasteiger partial charge in [0.1, 0.15) is 5.82 Å². The van der Waals surface area contributed by atoms with Gasteiger partial charge in [-0.1, -0.05) is 39.7 Å². The van der Waals surface area contributed by atoms with Gasteiger partial charge < -0.3 is 5.32 Å². The normalized spacial score (nSPS) is 10.4. The molecule has 104 valence electrons. The molecule has 0 aliphatic rings. The number of carbonyl (C=O) groups excluding carboxylic acids is 1. The van der Waals surface area contributed by atoms with Crippen LogP contribution in [-0.2, 0) is 11.2 Å². The molecule has 2 nitrogen and oxygen atoms in total. The number of nitrogens with one attached hydrogen (secondary N) is 1. The molecule has 0 aromatic heterocycles. The predicted molar refractivity (Wildman–Crippen MR) is 82.3 cm³/mol. The first kappa shape index (κ1) is 14.7. The molecule has 0 saturated heterocycles. The van der Waals surface area contributed by atoms with E-state index >= 15 is 0 Å². The number of hydrogen-bond donors (Lipinski definition) is 1. The van der Waals surface area contributed by atoms with Crippen LogP contribution in [0.4, 0.5) is 10.1 Å². The van der Waals surface area contributed by atoms with Crippen molar-refractivity contribution >= 4 is 27.5 Å². The van der Waals surface area contributed by atoms with Crippen LogP contribution in [0.5, 0.6) is 0 Å². The number of anilines is 1. The van der Waals surface area contributed by atoms with Gasteiger partial charge >= 0.3 is 0 Å². The summed E-state index contributed by atoms with van der Waals surface area (Å²) in [5.74, 6) is -0.675. The summed E-state index contributed by atoms with van der Waals surface area (Å²) < 4.78 is 14.3. The van der Waals surface area contributed by atoms with Crippen LogP contribution in [0.25, 0.3) is 0 Å². The SMILES string of the molecule is Cc1ccc(CC(=O)Nc2ccc(Br)cc2F)c(C)c1. The molecule has 0 fully saturated rings. The van der Waals surface area contributed by atoms with Gasteiger partial charge in [0.2, 0.25) is 5.91 Å². The quantitative estimate of drug-likeness (QED) is 0.885. The molecule has 0 atom stereocenters. The van der Waals surface area contributed by atoms with Crippen molar-refractivity contribution in [2.24, 2.45) is 0 Å². The second-order valence-corrected chi connectivity index (χ2v) is 5.69. The number of halogens is 2. The maximum Gasteiger partial charge on any atom is 0.228 e. The summed E-state index contributed by atoms with van der Waals surface area (Å²) in [6.07, 6.45) is 0.238. The smallest absolute Gasteiger partial charge is 0.228 e. The second kappa shape index (κ2) is 6.18. The number of carbonyl (C=O) groups is 1. The van der Waals surface area contributed by atoms with Crippen molar-refractivity contribution in [1.29, 1.82) is 0 Å². The third kappa shape index (κ3) is 3.67. The Morgan fingerprint density at radius 2 is 1.95 bits per heavy atom. The van der Waals surface area contributed by atoms with Gasteiger partial charge in [0.05, 0.1) is 12.1 Å². The lowest BCUT2D eigenvalue weighted by molar-refractivity contribution is -0.115. The van der Waals surface area contributed by atoms with E-state index in [0.717, 1.165) is 16.7 Å². The maximum atomic E-state index is 13.6. The first-order valence-electron chi connectivity index (χ1n) is 6.27. The minimum Gasteiger partial charge on any atom is -0.323 e. The average Bonchev–Trinajstić information content (AvgIpc) is 2.36. The zero-order valence-electron chi connectivity index (χ0n) is 11.3. The second-order valence-electron chi connectivity index (χ2n) is 4.78. The molecule has 2 aromatic carbocycles. The highest BCUT2D eigenvalue weighted by Gasteiger charge is 2.09. The molecule has 2 rings (SSSR count). The molecule has 1 amide bonds. The Bertz CT molecular complexity index is 599. The van der Waals surface area contributed by atoms with Crippen LogP contribution in [0.15, 0.2) is 40.9 Å². The van der Waals surface area contributed by atoms with E-state index in [0.29, 0.717) is 4.47 Å². The lowest BCUT2D eigenvalue weighted by atomic mass is 10.0. The van der Waals surface area contributed by atoms with E-state index in [2.05, 4.69) is 21.2 Å². The Morgan fingerprint density at radius 1 is 1.20 bits per heavy atom. The van der Waals surface area contributed by atoms with E-state index < -0.39 is 5.82 Å². The standard InChI is InChI=1S/C16H15BrFNO/c1-10-3-4-12(11(2)7-10)8-16(20)19-15-6-5-13(17)9-14(15)18/h3-7,9H,8H2,1-2H3,(H,19,20). The summed E-state index contributed by atoms with van der Waals surface area (Å²) >= 11 is 3.18. The Labute approximate surface area is 126 Å². The number of aryl methyl sites for hydroxylation is 2. The van der Waals surface area contributed by atoms with E-state index in [1.54, 1.807) is 12.1 Å². The zero-order valence-corrected chi connectivity index (χ0v) is 12.9. The number of amides is 1. The van der Waals surface area contributed by atoms with Crippen LogP contribution in [-0.4, -0.2) is 5.91 Å². The monoisotopic (exact) mass is 335 g/mol. The summed E-state index contributed by atoms with van der Waals surface area (Å²) in [6.45, 7) is 3.98. The molecule has 0 radical (unpaired) electrons. The van der Waals surface area contributed by atoms with Gasteiger partial charge in [-0.05, 0) is 43.2 Å². The highest BCUT2D eigenvalue weighted by molar-refractivity contribution is 9.10. The lowest BCUT2D eigenvalue weighted by Gasteiger charge is -2.09. The first-order valence-corrected chi connectivity index (χ1v) is 7.06. The fourth-order valence-electron chi connectivity index (χ4n) is 2.00. The molecule has 0 bridgehead atoms. The molecule has 0 unspecified atom stereocenters. The highest BCUT2D eigenvalue weighted by Crippen LogP contribution is 2.20. The van der Waals surface area contributed by atoms with Crippen LogP contribution in [0.2, 0.25) is 0 Å². The van der Waals surface area contributed by atoms with Gasteiger partial charge in [-0.3, -0.25) is 4.79 Å². The van der Waals surface area contributed by atoms with Gasteiger partial charge in [0.15, 0.2) is 0 Å². The molecule has 2 aromatic rings. The lowest BCUT2D eigenvalue weighted by Crippen LogP contribution is -2.16. The van der Waals surface area contributed by atoms with Gasteiger partial charge in [-0.2, -0.15) is 0 Å². The Morgan fingerprint density at radius 3 is 2.60 bits per heavy atom. The Hall–Kier alpha value is -1.68. The summed E-state index contributed by atoms with van der Waals surface area (Å²) in [5, 5.41) is 2.59. The summed E-state index contributed by atoms with van der Waals surface area (Å²) in [5.41, 5.74) is 3.37. The fourth-order valence-corrected chi connectivity index (χ4v) is 2.34. The van der Waals surface area contributed by atoms with Crippen molar-refractivity contribution < 1.29 is 9.18 Å². The molecule has 20 heavy (non-hydrogen) atoms. The fraction of sp³-hybridized carbons (Fsp3) is 0.188. The van der Waals surface area contributed by atoms with E-state index in [-0.39, 0.29) is 18.0 Å². The molecule has 1 N–H and O–H groups in total. The highest BCUT2D eigenvalue weighted by atomic mass is 79.9. The third-order valence-electron chi connectivity index (χ3n) is 3.05. The van der Waals surface area contributed by atoms with Crippen molar-refractivity contribution in [3.63, 3.8) is 0 Å². The van der Waals surface area contributed by atoms with E-state index in [9.17, 15) is 9.18 Å². The van der Waals surface area contributed by atoms with Gasteiger partial charge in [0.25, 0.3) is 0 Å². The number of hydrogen-bond acceptors (Lipinski definition) is 1. The topological polar surface area (TPSA) is 29.1 Å². The van der Waals surface area contributed by atoms with Crippen molar-refractivity contribution in [2.45, 2.75) is 20.3 Å². The molecule has 0 aliphatic carbocycles. The van der Waals surface area contributed by atoms with E-state index in [1.165, 1.54) is 6.07 Å². The largest absolute Gasteiger partial charge is 0.323 e. The summed E-state index contributed by atoms with van der Waals surface area (Å²) in [4.78, 5) is 12.0. The van der Waals surface area contributed by atoms with E-state index in [1.807, 2.05) is 32.0 Å². The molecule has 0 saturated carbocycles. The molecular weight excluding hydrogens is 321 g/mol. The van der Waals surface area contributed by atoms with Crippen molar-refractivity contribution in [1.82, 2.24) is 0 Å². The minimum absolute atomic E-state index is 0.197. The van der Waals surface area contributed by atoms with Crippen molar-refractivity contribution in [3.05, 3.63) is 63.4 Å². The Balaban J connectivity index is 2.09. The number of benzene rings is 2. The van der Waals surface area contributed by atoms with E-state index in [4.69, 9.17) is 0 Å². The molecular formula is C16H15BrFNO. The molecule has 4 heteroatoms. The van der Waals surface area contributed by atoms with Gasteiger partial charge in [0, 0.05) is 4.47 Å². The van der Waals surface area contributed by atoms with Crippen molar-refractivity contribution in [2.75, 3.05) is 5.32 Å². The maximum absolute atomic E-state index is 13.6. The molecule has 0 heterocycles. The molecule has 0 spiro atoms. The van der Waals surface area contributed by atoms with Crippen LogP contribution < -0.4 is 5.32 Å². The summed E-state index contributed by atoms with van der Waals surface area (Å²) in [6, 6.07) is 10.5. The van der Waals surface area contributed by atoms with Gasteiger partial charge in [-0.15, -0.1) is 0 Å². The average molecular weight is 336 g/mol. The van der Waals surface area contributed by atoms with Gasteiger partial charge in [-0.25, -0.2) is 4.39 Å². The Kier molecular flexibility index (Phi) is 4.55. The third-order valence-corrected chi connectivity index (χ3v) is 3.55. The van der Waals surface area contributed by atoms with Crippen molar-refractivity contribution in [3.8, 4) is 0 Å². The van der Waals surface area contributed by atoms with Crippen LogP contribution >= 0.6 is 15.9 Å². The predicted octanol–water partition coefficient (Wildman–Crippen LogP) is 4.39. The van der Waals surface area contributed by atoms with Crippen LogP contribution in [0, 0.1) is 19.7 Å². The summed E-state index contributed by atoms with van der Waals surface area (Å²) in [7, 11) is 0. The van der Waals surface area contributed by atoms with Crippen LogP contribution in [0.1, 0.15) is 16.7 Å². The minimum atomic E-state index is -0.451.